The molecule has 0 spiro atoms. The van der Waals surface area contributed by atoms with E-state index in [0.717, 1.165) is 5.56 Å². The summed E-state index contributed by atoms with van der Waals surface area (Å²) in [5.41, 5.74) is 1.50. The molecule has 1 aliphatic carbocycles. The summed E-state index contributed by atoms with van der Waals surface area (Å²) in [4.78, 5) is 52.8. The van der Waals surface area contributed by atoms with Gasteiger partial charge in [0, 0.05) is 17.7 Å². The lowest BCUT2D eigenvalue weighted by Crippen LogP contribution is -2.29. The second kappa shape index (κ2) is 8.39. The fourth-order valence-electron chi connectivity index (χ4n) is 3.83. The molecule has 0 bridgehead atoms. The van der Waals surface area contributed by atoms with Gasteiger partial charge in [-0.25, -0.2) is 4.79 Å². The molecular weight excluding hydrogens is 396 g/mol. The van der Waals surface area contributed by atoms with Gasteiger partial charge in [0.05, 0.1) is 18.4 Å². The number of aromatic amines is 1. The van der Waals surface area contributed by atoms with Crippen LogP contribution in [0.1, 0.15) is 54.7 Å². The maximum atomic E-state index is 12.8. The van der Waals surface area contributed by atoms with Crippen molar-refractivity contribution in [2.75, 3.05) is 12.4 Å². The number of methoxy groups -OCH3 is 1. The minimum absolute atomic E-state index is 0.0246. The number of hydrogen-bond acceptors (Lipinski definition) is 5. The zero-order valence-electron chi connectivity index (χ0n) is 16.8. The molecule has 1 aliphatic rings. The largest absolute Gasteiger partial charge is 0.465 e. The fraction of sp³-hybridized carbons (Fsp3) is 0.167. The number of Topliss-reactive ketones (excluding diaryl/α,β-unsaturated/α-hetero) is 1. The summed E-state index contributed by atoms with van der Waals surface area (Å²) in [6.45, 7) is 0. The normalized spacial score (nSPS) is 15.1. The third-order valence-corrected chi connectivity index (χ3v) is 5.40. The highest BCUT2D eigenvalue weighted by Gasteiger charge is 2.29. The first kappa shape index (κ1) is 20.3. The average molecular weight is 416 g/mol. The predicted molar refractivity (Wildman–Crippen MR) is 115 cm³/mol. The smallest absolute Gasteiger partial charge is 0.339 e. The van der Waals surface area contributed by atoms with Crippen LogP contribution in [0.5, 0.6) is 0 Å². The van der Waals surface area contributed by atoms with Crippen molar-refractivity contribution in [2.45, 2.75) is 18.8 Å². The number of benzene rings is 2. The minimum Gasteiger partial charge on any atom is -0.465 e. The number of esters is 1. The third-order valence-electron chi connectivity index (χ3n) is 5.40. The third kappa shape index (κ3) is 4.02. The van der Waals surface area contributed by atoms with Crippen molar-refractivity contribution < 1.29 is 19.1 Å². The second-order valence-electron chi connectivity index (χ2n) is 7.33. The molecule has 7 heteroatoms. The van der Waals surface area contributed by atoms with Gasteiger partial charge in [-0.05, 0) is 36.1 Å². The van der Waals surface area contributed by atoms with E-state index in [0.29, 0.717) is 24.1 Å². The zero-order valence-corrected chi connectivity index (χ0v) is 16.8. The molecule has 1 heterocycles. The van der Waals surface area contributed by atoms with Crippen LogP contribution < -0.4 is 10.9 Å². The number of para-hydroxylation sites is 1. The number of carbonyl (C=O) groups excluding carboxylic acids is 3. The summed E-state index contributed by atoms with van der Waals surface area (Å²) in [6.07, 6.45) is 0.808. The van der Waals surface area contributed by atoms with Crippen molar-refractivity contribution in [2.24, 2.45) is 0 Å². The monoisotopic (exact) mass is 416 g/mol. The lowest BCUT2D eigenvalue weighted by atomic mass is 9.81. The van der Waals surface area contributed by atoms with Gasteiger partial charge in [-0.1, -0.05) is 42.5 Å². The number of amides is 1. The lowest BCUT2D eigenvalue weighted by Gasteiger charge is -2.24. The Morgan fingerprint density at radius 3 is 2.42 bits per heavy atom. The molecule has 1 amide bonds. The van der Waals surface area contributed by atoms with Gasteiger partial charge in [-0.3, -0.25) is 14.4 Å². The number of ketones is 1. The Balaban J connectivity index is 1.63. The van der Waals surface area contributed by atoms with E-state index in [1.165, 1.54) is 25.3 Å². The number of hydrogen-bond donors (Lipinski definition) is 2. The Labute approximate surface area is 178 Å². The molecule has 1 aromatic heterocycles. The van der Waals surface area contributed by atoms with Crippen LogP contribution in [0, 0.1) is 0 Å². The Morgan fingerprint density at radius 2 is 1.68 bits per heavy atom. The molecule has 3 aromatic rings. The summed E-state index contributed by atoms with van der Waals surface area (Å²) in [5, 5.41) is 2.57. The van der Waals surface area contributed by atoms with E-state index in [9.17, 15) is 19.2 Å². The molecule has 0 aliphatic heterocycles. The van der Waals surface area contributed by atoms with E-state index >= 15 is 0 Å². The quantitative estimate of drug-likeness (QED) is 0.635. The van der Waals surface area contributed by atoms with E-state index in [1.54, 1.807) is 12.1 Å². The Kier molecular flexibility index (Phi) is 5.49. The Morgan fingerprint density at radius 1 is 0.968 bits per heavy atom. The van der Waals surface area contributed by atoms with Crippen LogP contribution in [-0.4, -0.2) is 29.8 Å². The van der Waals surface area contributed by atoms with Gasteiger partial charge < -0.3 is 15.0 Å². The molecule has 156 valence electrons. The lowest BCUT2D eigenvalue weighted by molar-refractivity contribution is 0.0601. The van der Waals surface area contributed by atoms with Crippen molar-refractivity contribution in [1.29, 1.82) is 0 Å². The molecule has 1 atom stereocenters. The Bertz CT molecular complexity index is 1230. The van der Waals surface area contributed by atoms with Gasteiger partial charge in [0.1, 0.15) is 5.56 Å². The average Bonchev–Trinajstić information content (AvgIpc) is 2.79. The zero-order chi connectivity index (χ0) is 22.0. The summed E-state index contributed by atoms with van der Waals surface area (Å²) < 4.78 is 4.72. The first-order chi connectivity index (χ1) is 15.0. The number of H-pyrrole nitrogens is 1. The van der Waals surface area contributed by atoms with Crippen LogP contribution in [0.15, 0.2) is 65.5 Å². The molecule has 7 nitrogen and oxygen atoms in total. The summed E-state index contributed by atoms with van der Waals surface area (Å²) >= 11 is 0. The van der Waals surface area contributed by atoms with Crippen molar-refractivity contribution in [3.8, 4) is 0 Å². The van der Waals surface area contributed by atoms with Crippen LogP contribution in [0.2, 0.25) is 0 Å². The van der Waals surface area contributed by atoms with Gasteiger partial charge in [-0.15, -0.1) is 0 Å². The first-order valence-corrected chi connectivity index (χ1v) is 9.81. The minimum atomic E-state index is -0.710. The highest BCUT2D eigenvalue weighted by atomic mass is 16.5. The number of nitrogens with one attached hydrogen (secondary N) is 2. The molecule has 31 heavy (non-hydrogen) atoms. The van der Waals surface area contributed by atoms with Crippen LogP contribution in [-0.2, 0) is 11.2 Å². The molecule has 0 fully saturated rings. The molecule has 0 unspecified atom stereocenters. The number of anilines is 1. The number of fused-ring (bicyclic) bond motifs is 1. The van der Waals surface area contributed by atoms with E-state index in [-0.39, 0.29) is 28.5 Å². The number of carbonyl (C=O) groups is 3. The van der Waals surface area contributed by atoms with Crippen molar-refractivity contribution in [3.63, 3.8) is 0 Å². The van der Waals surface area contributed by atoms with Crippen LogP contribution >= 0.6 is 0 Å². The fourth-order valence-corrected chi connectivity index (χ4v) is 3.83. The van der Waals surface area contributed by atoms with Gasteiger partial charge in [0.2, 0.25) is 0 Å². The van der Waals surface area contributed by atoms with Crippen LogP contribution in [0.4, 0.5) is 5.69 Å². The molecule has 0 saturated carbocycles. The van der Waals surface area contributed by atoms with E-state index < -0.39 is 17.4 Å². The van der Waals surface area contributed by atoms with Gasteiger partial charge in [-0.2, -0.15) is 0 Å². The maximum absolute atomic E-state index is 12.8. The number of aromatic nitrogens is 1. The second-order valence-corrected chi connectivity index (χ2v) is 7.33. The summed E-state index contributed by atoms with van der Waals surface area (Å²) in [6, 6.07) is 17.3. The van der Waals surface area contributed by atoms with Crippen molar-refractivity contribution >= 4 is 23.3 Å². The topological polar surface area (TPSA) is 105 Å². The van der Waals surface area contributed by atoms with Gasteiger partial charge in [0.25, 0.3) is 11.5 Å². The summed E-state index contributed by atoms with van der Waals surface area (Å²) in [7, 11) is 1.24. The SMILES string of the molecule is COC(=O)c1ccccc1NC(=O)c1cc2c([nH]c1=O)C[C@@H](c1ccccc1)CC2=O. The molecule has 2 aromatic carbocycles. The van der Waals surface area contributed by atoms with E-state index in [1.807, 2.05) is 30.3 Å². The number of ether oxygens (including phenoxy) is 1. The molecule has 2 N–H and O–H groups in total. The van der Waals surface area contributed by atoms with Crippen molar-refractivity contribution in [1.82, 2.24) is 4.98 Å². The Hall–Kier alpha value is -4.00. The van der Waals surface area contributed by atoms with E-state index in [4.69, 9.17) is 4.74 Å². The summed E-state index contributed by atoms with van der Waals surface area (Å²) in [5.74, 6) is -1.48. The van der Waals surface area contributed by atoms with E-state index in [2.05, 4.69) is 10.3 Å². The highest BCUT2D eigenvalue weighted by Crippen LogP contribution is 2.31. The molecule has 0 radical (unpaired) electrons. The van der Waals surface area contributed by atoms with Crippen LogP contribution in [0.3, 0.4) is 0 Å². The highest BCUT2D eigenvalue weighted by molar-refractivity contribution is 6.09. The molecular formula is C24H20N2O5. The van der Waals surface area contributed by atoms with Crippen LogP contribution in [0.25, 0.3) is 0 Å². The van der Waals surface area contributed by atoms with Gasteiger partial charge in [0.15, 0.2) is 5.78 Å². The predicted octanol–water partition coefficient (Wildman–Crippen LogP) is 3.33. The van der Waals surface area contributed by atoms with Gasteiger partial charge >= 0.3 is 5.97 Å². The number of rotatable bonds is 4. The molecule has 4 rings (SSSR count). The standard InChI is InChI=1S/C24H20N2O5/c1-31-24(30)16-9-5-6-10-19(16)25-22(28)18-13-17-20(26-23(18)29)11-15(12-21(17)27)14-7-3-2-4-8-14/h2-10,13,15H,11-12H2,1H3,(H,25,28)(H,26,29)/t15-/m1/s1. The first-order valence-electron chi connectivity index (χ1n) is 9.81. The van der Waals surface area contributed by atoms with Crippen molar-refractivity contribution in [3.05, 3.63) is 99.0 Å². The number of pyridine rings is 1. The molecule has 0 saturated heterocycles. The maximum Gasteiger partial charge on any atom is 0.339 e.